The van der Waals surface area contributed by atoms with Crippen LogP contribution >= 0.6 is 11.6 Å². The molecular weight excluding hydrogens is 542 g/mol. The number of hydrogen-bond acceptors (Lipinski definition) is 5. The fourth-order valence-electron chi connectivity index (χ4n) is 4.38. The van der Waals surface area contributed by atoms with Gasteiger partial charge in [-0.25, -0.2) is 9.59 Å². The second kappa shape index (κ2) is 13.4. The van der Waals surface area contributed by atoms with Crippen LogP contribution in [-0.2, 0) is 16.0 Å². The molecule has 1 unspecified atom stereocenters. The van der Waals surface area contributed by atoms with Gasteiger partial charge in [0.05, 0.1) is 0 Å². The van der Waals surface area contributed by atoms with Crippen molar-refractivity contribution in [2.75, 3.05) is 41.7 Å². The van der Waals surface area contributed by atoms with Crippen LogP contribution in [0.4, 0.5) is 26.7 Å². The highest BCUT2D eigenvalue weighted by molar-refractivity contribution is 6.30. The Morgan fingerprint density at radius 3 is 2.02 bits per heavy atom. The van der Waals surface area contributed by atoms with Crippen LogP contribution in [0.25, 0.3) is 0 Å². The van der Waals surface area contributed by atoms with Crippen molar-refractivity contribution in [2.45, 2.75) is 38.8 Å². The fourth-order valence-corrected chi connectivity index (χ4v) is 4.50. The Bertz CT molecular complexity index is 1320. The molecule has 0 spiro atoms. The van der Waals surface area contributed by atoms with Gasteiger partial charge in [0.1, 0.15) is 11.6 Å². The quantitative estimate of drug-likeness (QED) is 0.331. The van der Waals surface area contributed by atoms with Gasteiger partial charge in [-0.3, -0.25) is 4.79 Å². The Hall–Kier alpha value is -4.24. The Balaban J connectivity index is 1.35. The Kier molecular flexibility index (Phi) is 9.73. The number of halogens is 1. The van der Waals surface area contributed by atoms with Gasteiger partial charge in [-0.2, -0.15) is 0 Å². The van der Waals surface area contributed by atoms with Gasteiger partial charge in [-0.1, -0.05) is 41.9 Å². The molecule has 1 heterocycles. The summed E-state index contributed by atoms with van der Waals surface area (Å²) in [5, 5.41) is 9.02. The summed E-state index contributed by atoms with van der Waals surface area (Å²) in [6.45, 7) is 8.07. The predicted molar refractivity (Wildman–Crippen MR) is 163 cm³/mol. The van der Waals surface area contributed by atoms with E-state index in [1.165, 1.54) is 0 Å². The number of rotatable bonds is 7. The first kappa shape index (κ1) is 29.7. The molecule has 3 aromatic carbocycles. The highest BCUT2D eigenvalue weighted by Crippen LogP contribution is 2.21. The number of anilines is 3. The molecule has 0 aliphatic carbocycles. The van der Waals surface area contributed by atoms with Crippen molar-refractivity contribution in [1.82, 2.24) is 10.2 Å². The lowest BCUT2D eigenvalue weighted by Gasteiger charge is -2.36. The Morgan fingerprint density at radius 1 is 0.829 bits per heavy atom. The van der Waals surface area contributed by atoms with Gasteiger partial charge in [0, 0.05) is 54.7 Å². The SMILES string of the molecule is CC(C)(C)OC(=O)N1CCN(c2ccc(NC(=O)C(Cc3ccccc3)NC(=O)Nc3ccc(Cl)cc3)cc2)CC1. The van der Waals surface area contributed by atoms with Crippen LogP contribution in [0.5, 0.6) is 0 Å². The van der Waals surface area contributed by atoms with Crippen molar-refractivity contribution < 1.29 is 19.1 Å². The summed E-state index contributed by atoms with van der Waals surface area (Å²) in [5.41, 5.74) is 2.57. The number of amides is 4. The van der Waals surface area contributed by atoms with E-state index in [0.29, 0.717) is 49.0 Å². The zero-order valence-electron chi connectivity index (χ0n) is 23.5. The van der Waals surface area contributed by atoms with E-state index in [-0.39, 0.29) is 12.0 Å². The van der Waals surface area contributed by atoms with E-state index in [2.05, 4.69) is 20.9 Å². The smallest absolute Gasteiger partial charge is 0.410 e. The van der Waals surface area contributed by atoms with Gasteiger partial charge >= 0.3 is 12.1 Å². The van der Waals surface area contributed by atoms with Gasteiger partial charge in [0.2, 0.25) is 5.91 Å². The molecule has 0 aromatic heterocycles. The lowest BCUT2D eigenvalue weighted by molar-refractivity contribution is -0.117. The van der Waals surface area contributed by atoms with Crippen molar-refractivity contribution in [3.8, 4) is 0 Å². The molecule has 1 atom stereocenters. The standard InChI is InChI=1S/C31H36ClN5O4/c1-31(2,3)41-30(40)37-19-17-36(18-20-37)26-15-13-24(14-16-26)33-28(38)27(21-22-7-5-4-6-8-22)35-29(39)34-25-11-9-23(32)10-12-25/h4-16,27H,17-21H2,1-3H3,(H,33,38)(H2,34,35,39). The van der Waals surface area contributed by atoms with Crippen LogP contribution in [0.1, 0.15) is 26.3 Å². The highest BCUT2D eigenvalue weighted by Gasteiger charge is 2.26. The summed E-state index contributed by atoms with van der Waals surface area (Å²) in [6, 6.07) is 22.5. The predicted octanol–water partition coefficient (Wildman–Crippen LogP) is 5.77. The van der Waals surface area contributed by atoms with Gasteiger partial charge in [0.15, 0.2) is 0 Å². The molecule has 4 rings (SSSR count). The summed E-state index contributed by atoms with van der Waals surface area (Å²) in [5.74, 6) is -0.334. The van der Waals surface area contributed by atoms with Crippen molar-refractivity contribution in [2.24, 2.45) is 0 Å². The number of carbonyl (C=O) groups excluding carboxylic acids is 3. The van der Waals surface area contributed by atoms with Crippen LogP contribution in [0.3, 0.4) is 0 Å². The van der Waals surface area contributed by atoms with Crippen LogP contribution in [0.15, 0.2) is 78.9 Å². The average Bonchev–Trinajstić information content (AvgIpc) is 2.94. The van der Waals surface area contributed by atoms with E-state index in [1.807, 2.05) is 75.4 Å². The molecule has 1 aliphatic rings. The second-order valence-corrected chi connectivity index (χ2v) is 11.3. The molecule has 1 saturated heterocycles. The van der Waals surface area contributed by atoms with Crippen molar-refractivity contribution >= 4 is 46.7 Å². The Labute approximate surface area is 245 Å². The number of ether oxygens (including phenoxy) is 1. The number of piperazine rings is 1. The zero-order chi connectivity index (χ0) is 29.4. The first-order chi connectivity index (χ1) is 19.6. The molecule has 9 nitrogen and oxygen atoms in total. The van der Waals surface area contributed by atoms with E-state index in [4.69, 9.17) is 16.3 Å². The number of hydrogen-bond donors (Lipinski definition) is 3. The monoisotopic (exact) mass is 577 g/mol. The van der Waals surface area contributed by atoms with Gasteiger partial charge in [-0.15, -0.1) is 0 Å². The summed E-state index contributed by atoms with van der Waals surface area (Å²) in [7, 11) is 0. The molecule has 0 radical (unpaired) electrons. The second-order valence-electron chi connectivity index (χ2n) is 10.8. The lowest BCUT2D eigenvalue weighted by Crippen LogP contribution is -2.50. The van der Waals surface area contributed by atoms with E-state index >= 15 is 0 Å². The number of urea groups is 1. The van der Waals surface area contributed by atoms with E-state index in [0.717, 1.165) is 11.3 Å². The molecule has 1 aliphatic heterocycles. The first-order valence-corrected chi connectivity index (χ1v) is 13.9. The van der Waals surface area contributed by atoms with Crippen LogP contribution in [-0.4, -0.2) is 60.8 Å². The van der Waals surface area contributed by atoms with E-state index < -0.39 is 17.7 Å². The highest BCUT2D eigenvalue weighted by atomic mass is 35.5. The first-order valence-electron chi connectivity index (χ1n) is 13.6. The molecule has 3 aromatic rings. The van der Waals surface area contributed by atoms with Crippen molar-refractivity contribution in [1.29, 1.82) is 0 Å². The number of benzene rings is 3. The molecule has 41 heavy (non-hydrogen) atoms. The van der Waals surface area contributed by atoms with Gasteiger partial charge < -0.3 is 30.5 Å². The normalized spacial score (nSPS) is 14.1. The molecule has 1 fully saturated rings. The van der Waals surface area contributed by atoms with Crippen molar-refractivity contribution in [3.05, 3.63) is 89.4 Å². The van der Waals surface area contributed by atoms with Crippen molar-refractivity contribution in [3.63, 3.8) is 0 Å². The number of carbonyl (C=O) groups is 3. The van der Waals surface area contributed by atoms with Crippen LogP contribution in [0, 0.1) is 0 Å². The van der Waals surface area contributed by atoms with E-state index in [9.17, 15) is 14.4 Å². The maximum atomic E-state index is 13.3. The van der Waals surface area contributed by atoms with Gasteiger partial charge in [0.25, 0.3) is 0 Å². The van der Waals surface area contributed by atoms with E-state index in [1.54, 1.807) is 29.2 Å². The number of nitrogens with zero attached hydrogens (tertiary/aromatic N) is 2. The largest absolute Gasteiger partial charge is 0.444 e. The Morgan fingerprint density at radius 2 is 1.41 bits per heavy atom. The number of nitrogens with one attached hydrogen (secondary N) is 3. The third kappa shape index (κ3) is 9.14. The molecular formula is C31H36ClN5O4. The summed E-state index contributed by atoms with van der Waals surface area (Å²) in [6.07, 6.45) is 0.0245. The summed E-state index contributed by atoms with van der Waals surface area (Å²) >= 11 is 5.93. The third-order valence-corrected chi connectivity index (χ3v) is 6.69. The average molecular weight is 578 g/mol. The minimum atomic E-state index is -0.815. The summed E-state index contributed by atoms with van der Waals surface area (Å²) in [4.78, 5) is 42.3. The molecule has 216 valence electrons. The molecule has 0 bridgehead atoms. The molecule has 0 saturated carbocycles. The maximum Gasteiger partial charge on any atom is 0.410 e. The minimum Gasteiger partial charge on any atom is -0.444 e. The molecule has 3 N–H and O–H groups in total. The minimum absolute atomic E-state index is 0.296. The topological polar surface area (TPSA) is 103 Å². The molecule has 10 heteroatoms. The zero-order valence-corrected chi connectivity index (χ0v) is 24.3. The van der Waals surface area contributed by atoms with Gasteiger partial charge in [-0.05, 0) is 74.9 Å². The third-order valence-electron chi connectivity index (χ3n) is 6.44. The van der Waals surface area contributed by atoms with Crippen LogP contribution in [0.2, 0.25) is 5.02 Å². The lowest BCUT2D eigenvalue weighted by atomic mass is 10.1. The van der Waals surface area contributed by atoms with Crippen LogP contribution < -0.4 is 20.9 Å². The molecule has 4 amide bonds. The summed E-state index contributed by atoms with van der Waals surface area (Å²) < 4.78 is 5.48. The maximum absolute atomic E-state index is 13.3. The fraction of sp³-hybridized carbons (Fsp3) is 0.323.